The first-order chi connectivity index (χ1) is 18.6. The van der Waals surface area contributed by atoms with Gasteiger partial charge in [-0.1, -0.05) is 72.8 Å². The Morgan fingerprint density at radius 2 is 1.42 bits per heavy atom. The van der Waals surface area contributed by atoms with E-state index in [4.69, 9.17) is 14.7 Å². The van der Waals surface area contributed by atoms with Crippen molar-refractivity contribution in [2.75, 3.05) is 17.2 Å². The molecular formula is C30H28N6O2. The largest absolute Gasteiger partial charge is 0.447 e. The van der Waals surface area contributed by atoms with Crippen molar-refractivity contribution in [1.29, 1.82) is 0 Å². The molecule has 2 N–H and O–H groups in total. The predicted molar refractivity (Wildman–Crippen MR) is 149 cm³/mol. The SMILES string of the molecule is CC(C)OC(=O)Nc1ncc(-c2nc(NCC(c3ccccc3)c3ccccc3)c3ccccc3n2)cn1. The Bertz CT molecular complexity index is 1470. The number of amides is 1. The molecule has 3 aromatic carbocycles. The van der Waals surface area contributed by atoms with E-state index in [9.17, 15) is 4.79 Å². The van der Waals surface area contributed by atoms with Gasteiger partial charge in [0.15, 0.2) is 5.82 Å². The van der Waals surface area contributed by atoms with E-state index in [1.165, 1.54) is 11.1 Å². The van der Waals surface area contributed by atoms with Crippen molar-refractivity contribution in [2.24, 2.45) is 0 Å². The molecule has 2 aromatic heterocycles. The normalized spacial score (nSPS) is 11.1. The van der Waals surface area contributed by atoms with Gasteiger partial charge in [0.25, 0.3) is 0 Å². The number of ether oxygens (including phenoxy) is 1. The first-order valence-corrected chi connectivity index (χ1v) is 12.5. The Balaban J connectivity index is 1.43. The summed E-state index contributed by atoms with van der Waals surface area (Å²) in [6.45, 7) is 4.19. The van der Waals surface area contributed by atoms with Crippen LogP contribution in [0.5, 0.6) is 0 Å². The molecule has 0 aliphatic carbocycles. The standard InChI is InChI=1S/C30H28N6O2/c1-20(2)38-30(37)36-29-32-17-23(18-33-29)27-34-26-16-10-9-15-24(26)28(35-27)31-19-25(21-11-5-3-6-12-21)22-13-7-4-8-14-22/h3-18,20,25H,19H2,1-2H3,(H,31,34,35)(H,32,33,36,37). The van der Waals surface area contributed by atoms with E-state index >= 15 is 0 Å². The molecule has 0 aliphatic rings. The van der Waals surface area contributed by atoms with Crippen LogP contribution in [0.15, 0.2) is 97.3 Å². The summed E-state index contributed by atoms with van der Waals surface area (Å²) in [5.41, 5.74) is 3.87. The topological polar surface area (TPSA) is 102 Å². The van der Waals surface area contributed by atoms with Gasteiger partial charge >= 0.3 is 6.09 Å². The van der Waals surface area contributed by atoms with Gasteiger partial charge in [0.1, 0.15) is 5.82 Å². The highest BCUT2D eigenvalue weighted by molar-refractivity contribution is 5.90. The average molecular weight is 505 g/mol. The lowest BCUT2D eigenvalue weighted by Crippen LogP contribution is -2.19. The molecule has 0 radical (unpaired) electrons. The first-order valence-electron chi connectivity index (χ1n) is 12.5. The smallest absolute Gasteiger partial charge is 0.414 e. The molecule has 190 valence electrons. The Labute approximate surface area is 221 Å². The summed E-state index contributed by atoms with van der Waals surface area (Å²) in [5.74, 6) is 1.49. The number of para-hydroxylation sites is 1. The van der Waals surface area contributed by atoms with Gasteiger partial charge in [-0.2, -0.15) is 0 Å². The minimum absolute atomic E-state index is 0.133. The summed E-state index contributed by atoms with van der Waals surface area (Å²) in [5, 5.41) is 7.03. The second-order valence-corrected chi connectivity index (χ2v) is 9.04. The zero-order chi connectivity index (χ0) is 26.3. The average Bonchev–Trinajstić information content (AvgIpc) is 2.94. The van der Waals surface area contributed by atoms with E-state index in [1.807, 2.05) is 36.4 Å². The van der Waals surface area contributed by atoms with Crippen molar-refractivity contribution in [2.45, 2.75) is 25.9 Å². The van der Waals surface area contributed by atoms with Crippen LogP contribution in [0.4, 0.5) is 16.6 Å². The lowest BCUT2D eigenvalue weighted by Gasteiger charge is -2.20. The Hall–Kier alpha value is -4.85. The maximum atomic E-state index is 11.9. The molecule has 0 fully saturated rings. The van der Waals surface area contributed by atoms with Crippen molar-refractivity contribution in [1.82, 2.24) is 19.9 Å². The molecule has 8 heteroatoms. The Kier molecular flexibility index (Phi) is 7.49. The lowest BCUT2D eigenvalue weighted by atomic mass is 9.91. The molecule has 1 amide bonds. The summed E-state index contributed by atoms with van der Waals surface area (Å²) in [7, 11) is 0. The van der Waals surface area contributed by atoms with Gasteiger partial charge in [0.2, 0.25) is 5.95 Å². The van der Waals surface area contributed by atoms with E-state index in [1.54, 1.807) is 26.2 Å². The fraction of sp³-hybridized carbons (Fsp3) is 0.167. The number of fused-ring (bicyclic) bond motifs is 1. The van der Waals surface area contributed by atoms with Crippen LogP contribution in [-0.2, 0) is 4.74 Å². The number of carbonyl (C=O) groups excluding carboxylic acids is 1. The summed E-state index contributed by atoms with van der Waals surface area (Å²) in [6.07, 6.45) is 2.33. The number of benzene rings is 3. The van der Waals surface area contributed by atoms with Crippen LogP contribution in [0.2, 0.25) is 0 Å². The van der Waals surface area contributed by atoms with E-state index in [0.29, 0.717) is 17.9 Å². The Morgan fingerprint density at radius 3 is 2.05 bits per heavy atom. The zero-order valence-corrected chi connectivity index (χ0v) is 21.2. The number of carbonyl (C=O) groups is 1. The van der Waals surface area contributed by atoms with Crippen molar-refractivity contribution in [3.63, 3.8) is 0 Å². The van der Waals surface area contributed by atoms with Gasteiger partial charge in [-0.15, -0.1) is 0 Å². The van der Waals surface area contributed by atoms with E-state index < -0.39 is 6.09 Å². The van der Waals surface area contributed by atoms with Crippen molar-refractivity contribution in [3.8, 4) is 11.4 Å². The van der Waals surface area contributed by atoms with Crippen molar-refractivity contribution in [3.05, 3.63) is 108 Å². The van der Waals surface area contributed by atoms with Gasteiger partial charge in [-0.25, -0.2) is 24.7 Å². The molecule has 0 saturated carbocycles. The number of nitrogens with zero attached hydrogens (tertiary/aromatic N) is 4. The number of nitrogens with one attached hydrogen (secondary N) is 2. The minimum Gasteiger partial charge on any atom is -0.447 e. The van der Waals surface area contributed by atoms with Gasteiger partial charge < -0.3 is 10.1 Å². The summed E-state index contributed by atoms with van der Waals surface area (Å²) in [4.78, 5) is 29.9. The number of anilines is 2. The third-order valence-electron chi connectivity index (χ3n) is 5.95. The molecule has 38 heavy (non-hydrogen) atoms. The van der Waals surface area contributed by atoms with Crippen LogP contribution in [0.3, 0.4) is 0 Å². The molecule has 0 atom stereocenters. The van der Waals surface area contributed by atoms with Crippen LogP contribution in [-0.4, -0.2) is 38.7 Å². The summed E-state index contributed by atoms with van der Waals surface area (Å²) in [6, 6.07) is 28.8. The number of hydrogen-bond acceptors (Lipinski definition) is 7. The van der Waals surface area contributed by atoms with Crippen LogP contribution < -0.4 is 10.6 Å². The van der Waals surface area contributed by atoms with Crippen LogP contribution in [0.25, 0.3) is 22.3 Å². The molecule has 5 rings (SSSR count). The van der Waals surface area contributed by atoms with Gasteiger partial charge in [0, 0.05) is 30.2 Å². The van der Waals surface area contributed by atoms with Gasteiger partial charge in [-0.05, 0) is 37.1 Å². The first kappa shape index (κ1) is 24.8. The summed E-state index contributed by atoms with van der Waals surface area (Å²) >= 11 is 0. The van der Waals surface area contributed by atoms with E-state index in [-0.39, 0.29) is 18.0 Å². The summed E-state index contributed by atoms with van der Waals surface area (Å²) < 4.78 is 5.08. The number of hydrogen-bond donors (Lipinski definition) is 2. The maximum absolute atomic E-state index is 11.9. The molecule has 0 saturated heterocycles. The minimum atomic E-state index is -0.604. The molecular weight excluding hydrogens is 476 g/mol. The quantitative estimate of drug-likeness (QED) is 0.256. The predicted octanol–water partition coefficient (Wildman–Crippen LogP) is 6.29. The zero-order valence-electron chi connectivity index (χ0n) is 21.2. The lowest BCUT2D eigenvalue weighted by molar-refractivity contribution is 0.129. The number of aromatic nitrogens is 4. The number of rotatable bonds is 8. The highest BCUT2D eigenvalue weighted by atomic mass is 16.6. The molecule has 2 heterocycles. The fourth-order valence-electron chi connectivity index (χ4n) is 4.18. The maximum Gasteiger partial charge on any atom is 0.414 e. The van der Waals surface area contributed by atoms with Crippen LogP contribution >= 0.6 is 0 Å². The fourth-order valence-corrected chi connectivity index (χ4v) is 4.18. The second kappa shape index (κ2) is 11.5. The highest BCUT2D eigenvalue weighted by Crippen LogP contribution is 2.28. The second-order valence-electron chi connectivity index (χ2n) is 9.04. The van der Waals surface area contributed by atoms with E-state index in [2.05, 4.69) is 69.1 Å². The van der Waals surface area contributed by atoms with Gasteiger partial charge in [0.05, 0.1) is 17.2 Å². The molecule has 0 bridgehead atoms. The van der Waals surface area contributed by atoms with Gasteiger partial charge in [-0.3, -0.25) is 5.32 Å². The highest BCUT2D eigenvalue weighted by Gasteiger charge is 2.16. The molecule has 0 unspecified atom stereocenters. The monoisotopic (exact) mass is 504 g/mol. The third kappa shape index (κ3) is 5.92. The Morgan fingerprint density at radius 1 is 0.816 bits per heavy atom. The van der Waals surface area contributed by atoms with Crippen molar-refractivity contribution < 1.29 is 9.53 Å². The molecule has 0 aliphatic heterocycles. The van der Waals surface area contributed by atoms with E-state index in [0.717, 1.165) is 16.7 Å². The molecule has 8 nitrogen and oxygen atoms in total. The third-order valence-corrected chi connectivity index (χ3v) is 5.95. The van der Waals surface area contributed by atoms with Crippen molar-refractivity contribution >= 4 is 28.8 Å². The van der Waals surface area contributed by atoms with Crippen LogP contribution in [0, 0.1) is 0 Å². The molecule has 5 aromatic rings. The van der Waals surface area contributed by atoms with Crippen LogP contribution in [0.1, 0.15) is 30.9 Å². The molecule has 0 spiro atoms.